The Morgan fingerprint density at radius 3 is 3.00 bits per heavy atom. The lowest BCUT2D eigenvalue weighted by Crippen LogP contribution is -2.18. The lowest BCUT2D eigenvalue weighted by Gasteiger charge is -2.17. The lowest BCUT2D eigenvalue weighted by molar-refractivity contribution is 0.0998. The molecule has 0 aromatic carbocycles. The topological polar surface area (TPSA) is 70.3 Å². The number of nitrogens with two attached hydrogens (primary N) is 1. The summed E-state index contributed by atoms with van der Waals surface area (Å²) < 4.78 is 10.9. The Balaban J connectivity index is 1.87. The SMILES string of the molecule is COCc1cc(N)nc(C2CC3CCC2O3)n1. The van der Waals surface area contributed by atoms with E-state index in [9.17, 15) is 0 Å². The van der Waals surface area contributed by atoms with Gasteiger partial charge in [-0.3, -0.25) is 0 Å². The second kappa shape index (κ2) is 4.23. The molecule has 0 spiro atoms. The van der Waals surface area contributed by atoms with E-state index in [1.165, 1.54) is 6.42 Å². The summed E-state index contributed by atoms with van der Waals surface area (Å²) in [6.45, 7) is 0.474. The number of rotatable bonds is 3. The maximum atomic E-state index is 5.83. The smallest absolute Gasteiger partial charge is 0.136 e. The number of hydrogen-bond donors (Lipinski definition) is 1. The highest BCUT2D eigenvalue weighted by atomic mass is 16.5. The molecule has 3 atom stereocenters. The molecule has 3 unspecified atom stereocenters. The van der Waals surface area contributed by atoms with Gasteiger partial charge in [-0.05, 0) is 19.3 Å². The highest BCUT2D eigenvalue weighted by Gasteiger charge is 2.43. The van der Waals surface area contributed by atoms with E-state index in [0.29, 0.717) is 24.4 Å². The zero-order chi connectivity index (χ0) is 11.8. The number of methoxy groups -OCH3 is 1. The fourth-order valence-corrected chi connectivity index (χ4v) is 2.84. The monoisotopic (exact) mass is 235 g/mol. The van der Waals surface area contributed by atoms with E-state index < -0.39 is 0 Å². The highest BCUT2D eigenvalue weighted by Crippen LogP contribution is 2.43. The van der Waals surface area contributed by atoms with Gasteiger partial charge in [0.05, 0.1) is 24.5 Å². The van der Waals surface area contributed by atoms with Gasteiger partial charge in [0.2, 0.25) is 0 Å². The molecule has 2 aliphatic heterocycles. The van der Waals surface area contributed by atoms with Gasteiger partial charge >= 0.3 is 0 Å². The first-order chi connectivity index (χ1) is 8.26. The van der Waals surface area contributed by atoms with Crippen LogP contribution in [0.4, 0.5) is 5.82 Å². The molecule has 0 amide bonds. The second-order valence-corrected chi connectivity index (χ2v) is 4.79. The summed E-state index contributed by atoms with van der Waals surface area (Å²) in [5.41, 5.74) is 6.65. The van der Waals surface area contributed by atoms with Gasteiger partial charge in [-0.25, -0.2) is 9.97 Å². The van der Waals surface area contributed by atoms with Gasteiger partial charge in [-0.1, -0.05) is 0 Å². The van der Waals surface area contributed by atoms with Gasteiger partial charge in [0, 0.05) is 19.1 Å². The minimum Gasteiger partial charge on any atom is -0.384 e. The van der Waals surface area contributed by atoms with E-state index in [4.69, 9.17) is 15.2 Å². The fourth-order valence-electron chi connectivity index (χ4n) is 2.84. The second-order valence-electron chi connectivity index (χ2n) is 4.79. The minimum atomic E-state index is 0.289. The molecule has 0 saturated carbocycles. The molecule has 5 heteroatoms. The third kappa shape index (κ3) is 2.00. The van der Waals surface area contributed by atoms with Crippen molar-refractivity contribution in [3.05, 3.63) is 17.6 Å². The Labute approximate surface area is 100 Å². The normalized spacial score (nSPS) is 31.0. The first kappa shape index (κ1) is 10.9. The number of nitrogens with zero attached hydrogens (tertiary/aromatic N) is 2. The van der Waals surface area contributed by atoms with Crippen LogP contribution in [-0.4, -0.2) is 29.3 Å². The number of nitrogen functional groups attached to an aromatic ring is 1. The predicted octanol–water partition coefficient (Wildman–Crippen LogP) is 1.24. The van der Waals surface area contributed by atoms with Gasteiger partial charge in [0.25, 0.3) is 0 Å². The van der Waals surface area contributed by atoms with Crippen LogP contribution in [0.15, 0.2) is 6.07 Å². The Morgan fingerprint density at radius 2 is 2.35 bits per heavy atom. The number of hydrogen-bond acceptors (Lipinski definition) is 5. The van der Waals surface area contributed by atoms with Crippen LogP contribution in [0.1, 0.15) is 36.7 Å². The molecule has 2 fully saturated rings. The molecule has 5 nitrogen and oxygen atoms in total. The first-order valence-electron chi connectivity index (χ1n) is 6.04. The fraction of sp³-hybridized carbons (Fsp3) is 0.667. The van der Waals surface area contributed by atoms with Crippen LogP contribution in [0.5, 0.6) is 0 Å². The van der Waals surface area contributed by atoms with Gasteiger partial charge < -0.3 is 15.2 Å². The van der Waals surface area contributed by atoms with Crippen molar-refractivity contribution in [2.45, 2.75) is 44.0 Å². The number of anilines is 1. The van der Waals surface area contributed by atoms with Crippen LogP contribution < -0.4 is 5.73 Å². The van der Waals surface area contributed by atoms with Gasteiger partial charge in [-0.2, -0.15) is 0 Å². The van der Waals surface area contributed by atoms with Crippen LogP contribution in [0, 0.1) is 0 Å². The number of fused-ring (bicyclic) bond motifs is 2. The maximum Gasteiger partial charge on any atom is 0.136 e. The van der Waals surface area contributed by atoms with Crippen molar-refractivity contribution in [3.8, 4) is 0 Å². The molecule has 92 valence electrons. The van der Waals surface area contributed by atoms with E-state index in [-0.39, 0.29) is 6.10 Å². The van der Waals surface area contributed by atoms with Crippen molar-refractivity contribution >= 4 is 5.82 Å². The van der Waals surface area contributed by atoms with E-state index in [1.54, 1.807) is 13.2 Å². The molecule has 2 bridgehead atoms. The lowest BCUT2D eigenvalue weighted by atomic mass is 9.88. The van der Waals surface area contributed by atoms with Crippen LogP contribution in [-0.2, 0) is 16.1 Å². The van der Waals surface area contributed by atoms with Crippen molar-refractivity contribution in [1.29, 1.82) is 0 Å². The zero-order valence-electron chi connectivity index (χ0n) is 9.93. The van der Waals surface area contributed by atoms with Crippen LogP contribution in [0.2, 0.25) is 0 Å². The van der Waals surface area contributed by atoms with Crippen molar-refractivity contribution < 1.29 is 9.47 Å². The summed E-state index contributed by atoms with van der Waals surface area (Å²) in [4.78, 5) is 8.88. The van der Waals surface area contributed by atoms with Crippen LogP contribution in [0.3, 0.4) is 0 Å². The van der Waals surface area contributed by atoms with Crippen LogP contribution >= 0.6 is 0 Å². The van der Waals surface area contributed by atoms with E-state index in [1.807, 2.05) is 0 Å². The first-order valence-corrected chi connectivity index (χ1v) is 6.04. The standard InChI is InChI=1S/C12H17N3O2/c1-16-6-7-4-11(13)15-12(14-7)9-5-8-2-3-10(9)17-8/h4,8-10H,2-3,5-6H2,1H3,(H2,13,14,15). The van der Waals surface area contributed by atoms with Crippen molar-refractivity contribution in [2.75, 3.05) is 12.8 Å². The van der Waals surface area contributed by atoms with E-state index in [0.717, 1.165) is 24.4 Å². The molecule has 2 saturated heterocycles. The predicted molar refractivity (Wildman–Crippen MR) is 62.4 cm³/mol. The van der Waals surface area contributed by atoms with Gasteiger partial charge in [0.15, 0.2) is 0 Å². The number of ether oxygens (including phenoxy) is 2. The van der Waals surface area contributed by atoms with Crippen LogP contribution in [0.25, 0.3) is 0 Å². The number of aromatic nitrogens is 2. The van der Waals surface area contributed by atoms with Gasteiger partial charge in [0.1, 0.15) is 11.6 Å². The molecule has 3 rings (SSSR count). The van der Waals surface area contributed by atoms with E-state index in [2.05, 4.69) is 9.97 Å². The molecule has 17 heavy (non-hydrogen) atoms. The molecule has 2 N–H and O–H groups in total. The Hall–Kier alpha value is -1.20. The Kier molecular flexibility index (Phi) is 2.72. The van der Waals surface area contributed by atoms with Crippen molar-refractivity contribution in [3.63, 3.8) is 0 Å². The third-order valence-electron chi connectivity index (χ3n) is 3.55. The molecule has 0 aliphatic carbocycles. The van der Waals surface area contributed by atoms with Crippen molar-refractivity contribution in [2.24, 2.45) is 0 Å². The minimum absolute atomic E-state index is 0.289. The summed E-state index contributed by atoms with van der Waals surface area (Å²) in [5.74, 6) is 1.65. The maximum absolute atomic E-state index is 5.83. The van der Waals surface area contributed by atoms with Crippen molar-refractivity contribution in [1.82, 2.24) is 9.97 Å². The summed E-state index contributed by atoms with van der Waals surface area (Å²) in [5, 5.41) is 0. The Morgan fingerprint density at radius 1 is 1.47 bits per heavy atom. The molecule has 0 radical (unpaired) electrons. The summed E-state index contributed by atoms with van der Waals surface area (Å²) in [7, 11) is 1.65. The Bertz CT molecular complexity index is 424. The quantitative estimate of drug-likeness (QED) is 0.853. The molecule has 3 heterocycles. The molecular weight excluding hydrogens is 218 g/mol. The van der Waals surface area contributed by atoms with Gasteiger partial charge in [-0.15, -0.1) is 0 Å². The molecule has 1 aromatic heterocycles. The highest BCUT2D eigenvalue weighted by molar-refractivity contribution is 5.31. The van der Waals surface area contributed by atoms with E-state index >= 15 is 0 Å². The molecule has 1 aromatic rings. The average Bonchev–Trinajstić information content (AvgIpc) is 2.90. The third-order valence-corrected chi connectivity index (χ3v) is 3.55. The summed E-state index contributed by atoms with van der Waals surface area (Å²) >= 11 is 0. The largest absolute Gasteiger partial charge is 0.384 e. The summed E-state index contributed by atoms with van der Waals surface area (Å²) in [6.07, 6.45) is 4.01. The summed E-state index contributed by atoms with van der Waals surface area (Å²) in [6, 6.07) is 1.76. The zero-order valence-corrected chi connectivity index (χ0v) is 9.93. The molecule has 2 aliphatic rings. The average molecular weight is 235 g/mol. The molecular formula is C12H17N3O2.